The third kappa shape index (κ3) is 11.1. The molecule has 4 N–H and O–H groups in total. The number of carbonyl (C=O) groups is 3. The van der Waals surface area contributed by atoms with Gasteiger partial charge in [-0.15, -0.1) is 0 Å². The molecule has 1 aromatic carbocycles. The molecular formula is C34H52N4O9. The second kappa shape index (κ2) is 18.0. The van der Waals surface area contributed by atoms with Gasteiger partial charge in [0, 0.05) is 20.2 Å². The maximum absolute atomic E-state index is 12.6. The summed E-state index contributed by atoms with van der Waals surface area (Å²) in [4.78, 5) is 35.9. The summed E-state index contributed by atoms with van der Waals surface area (Å²) >= 11 is 0. The molecule has 2 saturated heterocycles. The Balaban J connectivity index is 1.01. The van der Waals surface area contributed by atoms with Gasteiger partial charge in [0.25, 0.3) is 0 Å². The standard InChI is InChI=1S/C34H52N4O9/c1-24(2)10-11-28-33(3,47-28)31-30(42-4)27(12-13-34(31)23-45-34)46-32(41)36-15-17-44-19-18-43-16-14-35-29(40)21-37-38-26(22-39)20-25-8-6-5-7-9-25/h5-10,22,26-28,30-31,37-38H,11-21,23H2,1-4H3,(H,35,40)(H,36,41)/t26-,27?,28+,30?,31?,33-,34-/m0/s1. The van der Waals surface area contributed by atoms with Gasteiger partial charge in [0.15, 0.2) is 0 Å². The number of rotatable bonds is 21. The molecule has 2 heterocycles. The Kier molecular flexibility index (Phi) is 14.2. The van der Waals surface area contributed by atoms with Crippen molar-refractivity contribution in [1.29, 1.82) is 0 Å². The Morgan fingerprint density at radius 3 is 2.40 bits per heavy atom. The molecule has 47 heavy (non-hydrogen) atoms. The van der Waals surface area contributed by atoms with Crippen LogP contribution in [-0.2, 0) is 44.4 Å². The topological polar surface area (TPSA) is 161 Å². The summed E-state index contributed by atoms with van der Waals surface area (Å²) in [6, 6.07) is 9.20. The molecule has 3 unspecified atom stereocenters. The van der Waals surface area contributed by atoms with Crippen molar-refractivity contribution in [2.45, 2.75) is 82.0 Å². The van der Waals surface area contributed by atoms with E-state index in [4.69, 9.17) is 28.4 Å². The molecule has 13 heteroatoms. The molecule has 7 atom stereocenters. The van der Waals surface area contributed by atoms with Crippen LogP contribution in [0, 0.1) is 5.92 Å². The van der Waals surface area contributed by atoms with E-state index < -0.39 is 18.2 Å². The molecule has 0 aromatic heterocycles. The van der Waals surface area contributed by atoms with Crippen LogP contribution in [0.25, 0.3) is 0 Å². The number of aldehydes is 1. The van der Waals surface area contributed by atoms with E-state index in [1.165, 1.54) is 5.57 Å². The second-order valence-electron chi connectivity index (χ2n) is 12.8. The van der Waals surface area contributed by atoms with Gasteiger partial charge in [-0.25, -0.2) is 15.6 Å². The van der Waals surface area contributed by atoms with Crippen molar-refractivity contribution in [2.75, 3.05) is 59.8 Å². The third-order valence-corrected chi connectivity index (χ3v) is 8.95. The molecule has 1 aromatic rings. The highest BCUT2D eigenvalue weighted by Crippen LogP contribution is 2.59. The quantitative estimate of drug-likeness (QED) is 0.0501. The zero-order chi connectivity index (χ0) is 33.7. The fourth-order valence-electron chi connectivity index (χ4n) is 6.39. The van der Waals surface area contributed by atoms with Crippen LogP contribution in [0.2, 0.25) is 0 Å². The molecule has 262 valence electrons. The first-order chi connectivity index (χ1) is 22.7. The van der Waals surface area contributed by atoms with Crippen molar-refractivity contribution < 1.29 is 42.8 Å². The van der Waals surface area contributed by atoms with Gasteiger partial charge in [-0.1, -0.05) is 42.0 Å². The molecule has 3 aliphatic rings. The average molecular weight is 661 g/mol. The van der Waals surface area contributed by atoms with Gasteiger partial charge < -0.3 is 43.8 Å². The lowest BCUT2D eigenvalue weighted by molar-refractivity contribution is -0.121. The summed E-state index contributed by atoms with van der Waals surface area (Å²) in [7, 11) is 1.66. The number of methoxy groups -OCH3 is 1. The molecule has 1 aliphatic carbocycles. The summed E-state index contributed by atoms with van der Waals surface area (Å²) < 4.78 is 35.0. The highest BCUT2D eigenvalue weighted by atomic mass is 16.6. The van der Waals surface area contributed by atoms with Crippen LogP contribution in [0.5, 0.6) is 0 Å². The van der Waals surface area contributed by atoms with Gasteiger partial charge in [0.05, 0.1) is 57.6 Å². The number of ether oxygens (including phenoxy) is 6. The SMILES string of the molecule is COC1C(OC(=O)NCCOCCOCCNC(=O)CNN[C@H](C=O)Cc2ccccc2)CC[C@]2(CO2)C1[C@@]1(C)O[C@@H]1CC=C(C)C. The number of alkyl carbamates (subject to hydrolysis) is 1. The minimum Gasteiger partial charge on any atom is -0.443 e. The number of hydrogen-bond acceptors (Lipinski definition) is 11. The molecule has 4 rings (SSSR count). The zero-order valence-corrected chi connectivity index (χ0v) is 28.1. The minimum absolute atomic E-state index is 0.0190. The summed E-state index contributed by atoms with van der Waals surface area (Å²) in [6.07, 6.45) is 4.67. The van der Waals surface area contributed by atoms with Gasteiger partial charge in [0.1, 0.15) is 29.7 Å². The van der Waals surface area contributed by atoms with Crippen LogP contribution >= 0.6 is 0 Å². The zero-order valence-electron chi connectivity index (χ0n) is 28.1. The van der Waals surface area contributed by atoms with E-state index in [1.54, 1.807) is 7.11 Å². The fourth-order valence-corrected chi connectivity index (χ4v) is 6.39. The number of hydrogen-bond donors (Lipinski definition) is 4. The Hall–Kier alpha value is -2.91. The van der Waals surface area contributed by atoms with E-state index in [0.717, 1.165) is 24.7 Å². The van der Waals surface area contributed by atoms with Gasteiger partial charge in [-0.2, -0.15) is 0 Å². The minimum atomic E-state index is -0.510. The van der Waals surface area contributed by atoms with Crippen molar-refractivity contribution in [2.24, 2.45) is 5.92 Å². The molecule has 13 nitrogen and oxygen atoms in total. The van der Waals surface area contributed by atoms with E-state index in [0.29, 0.717) is 59.0 Å². The predicted molar refractivity (Wildman–Crippen MR) is 174 cm³/mol. The van der Waals surface area contributed by atoms with Crippen LogP contribution in [0.15, 0.2) is 42.0 Å². The van der Waals surface area contributed by atoms with Crippen LogP contribution in [0.3, 0.4) is 0 Å². The first-order valence-electron chi connectivity index (χ1n) is 16.5. The van der Waals surface area contributed by atoms with Crippen molar-refractivity contribution in [3.05, 3.63) is 47.5 Å². The van der Waals surface area contributed by atoms with E-state index in [2.05, 4.69) is 48.3 Å². The van der Waals surface area contributed by atoms with Crippen molar-refractivity contribution in [3.8, 4) is 0 Å². The van der Waals surface area contributed by atoms with Crippen molar-refractivity contribution in [3.63, 3.8) is 0 Å². The van der Waals surface area contributed by atoms with Crippen LogP contribution in [0.1, 0.15) is 45.6 Å². The molecule has 2 amide bonds. The number of allylic oxidation sites excluding steroid dienone is 1. The largest absolute Gasteiger partial charge is 0.443 e. The summed E-state index contributed by atoms with van der Waals surface area (Å²) in [5, 5.41) is 5.49. The smallest absolute Gasteiger partial charge is 0.407 e. The van der Waals surface area contributed by atoms with Crippen LogP contribution < -0.4 is 21.5 Å². The number of carbonyl (C=O) groups excluding carboxylic acids is 3. The number of nitrogens with one attached hydrogen (secondary N) is 4. The fraction of sp³-hybridized carbons (Fsp3) is 0.676. The molecule has 1 spiro atoms. The Morgan fingerprint density at radius 1 is 1.06 bits per heavy atom. The maximum atomic E-state index is 12.6. The molecule has 3 fully saturated rings. The van der Waals surface area contributed by atoms with E-state index in [-0.39, 0.29) is 41.8 Å². The van der Waals surface area contributed by atoms with Gasteiger partial charge >= 0.3 is 6.09 Å². The molecule has 0 radical (unpaired) electrons. The van der Waals surface area contributed by atoms with Crippen molar-refractivity contribution in [1.82, 2.24) is 21.5 Å². The van der Waals surface area contributed by atoms with Gasteiger partial charge in [0.2, 0.25) is 5.91 Å². The van der Waals surface area contributed by atoms with Gasteiger partial charge in [-0.05, 0) is 52.0 Å². The third-order valence-electron chi connectivity index (χ3n) is 8.95. The summed E-state index contributed by atoms with van der Waals surface area (Å²) in [6.45, 7) is 8.92. The van der Waals surface area contributed by atoms with Crippen LogP contribution in [-0.4, -0.2) is 114 Å². The van der Waals surface area contributed by atoms with E-state index in [1.807, 2.05) is 30.3 Å². The lowest BCUT2D eigenvalue weighted by atomic mass is 9.68. The van der Waals surface area contributed by atoms with Gasteiger partial charge in [-0.3, -0.25) is 4.79 Å². The Bertz CT molecular complexity index is 1180. The lowest BCUT2D eigenvalue weighted by Gasteiger charge is -2.42. The first kappa shape index (κ1) is 36.9. The molecule has 0 bridgehead atoms. The maximum Gasteiger partial charge on any atom is 0.407 e. The summed E-state index contributed by atoms with van der Waals surface area (Å²) in [5.74, 6) is -0.252. The normalized spacial score (nSPS) is 28.3. The van der Waals surface area contributed by atoms with E-state index >= 15 is 0 Å². The van der Waals surface area contributed by atoms with Crippen LogP contribution in [0.4, 0.5) is 4.79 Å². The summed E-state index contributed by atoms with van der Waals surface area (Å²) in [5.41, 5.74) is 7.27. The molecular weight excluding hydrogens is 608 g/mol. The van der Waals surface area contributed by atoms with E-state index in [9.17, 15) is 14.4 Å². The monoisotopic (exact) mass is 660 g/mol. The highest BCUT2D eigenvalue weighted by Gasteiger charge is 2.72. The predicted octanol–water partition coefficient (Wildman–Crippen LogP) is 1.84. The number of benzene rings is 1. The molecule has 2 aliphatic heterocycles. The first-order valence-corrected chi connectivity index (χ1v) is 16.5. The Labute approximate surface area is 277 Å². The highest BCUT2D eigenvalue weighted by molar-refractivity contribution is 5.77. The average Bonchev–Trinajstić information content (AvgIpc) is 3.98. The van der Waals surface area contributed by atoms with Crippen molar-refractivity contribution >= 4 is 18.3 Å². The number of amides is 2. The lowest BCUT2D eigenvalue weighted by Crippen LogP contribution is -2.56. The number of epoxide rings is 2. The second-order valence-corrected chi connectivity index (χ2v) is 12.8. The number of hydrazine groups is 1. The Morgan fingerprint density at radius 2 is 1.77 bits per heavy atom. The molecule has 1 saturated carbocycles.